The standard InChI is InChI=1S/C23H23F3N4O5S/c1-29-17-9-4-2-7-15(17)27-20(29)12-13-21(31)30-14-6-10-18(30)22(32)28-16-8-3-5-11-19(16)35-36(33,34)23(24,25)26/h2-5,7-9,11,18H,6,10,12-14H2,1H3,(H,28,32). The highest BCUT2D eigenvalue weighted by atomic mass is 32.2. The molecule has 0 saturated carbocycles. The van der Waals surface area contributed by atoms with Crippen molar-refractivity contribution in [3.63, 3.8) is 0 Å². The van der Waals surface area contributed by atoms with Gasteiger partial charge in [-0.15, -0.1) is 0 Å². The summed E-state index contributed by atoms with van der Waals surface area (Å²) in [6, 6.07) is 11.6. The van der Waals surface area contributed by atoms with Gasteiger partial charge in [0.1, 0.15) is 11.9 Å². The number of rotatable bonds is 7. The molecule has 192 valence electrons. The summed E-state index contributed by atoms with van der Waals surface area (Å²) < 4.78 is 67.1. The van der Waals surface area contributed by atoms with Gasteiger partial charge in [-0.3, -0.25) is 9.59 Å². The molecule has 2 aromatic carbocycles. The number of hydrogen-bond donors (Lipinski definition) is 1. The van der Waals surface area contributed by atoms with E-state index in [2.05, 4.69) is 14.5 Å². The minimum absolute atomic E-state index is 0.116. The third kappa shape index (κ3) is 5.15. The molecule has 9 nitrogen and oxygen atoms in total. The van der Waals surface area contributed by atoms with E-state index in [0.717, 1.165) is 22.9 Å². The average Bonchev–Trinajstić information content (AvgIpc) is 3.43. The van der Waals surface area contributed by atoms with Crippen LogP contribution in [0, 0.1) is 0 Å². The first-order valence-electron chi connectivity index (χ1n) is 11.1. The third-order valence-corrected chi connectivity index (χ3v) is 6.91. The summed E-state index contributed by atoms with van der Waals surface area (Å²) >= 11 is 0. The highest BCUT2D eigenvalue weighted by molar-refractivity contribution is 7.88. The Kier molecular flexibility index (Phi) is 6.94. The molecule has 1 aliphatic rings. The number of likely N-dealkylation sites (tertiary alicyclic amines) is 1. The number of para-hydroxylation sites is 4. The lowest BCUT2D eigenvalue weighted by atomic mass is 10.1. The summed E-state index contributed by atoms with van der Waals surface area (Å²) in [5.74, 6) is -0.865. The summed E-state index contributed by atoms with van der Waals surface area (Å²) in [4.78, 5) is 31.9. The van der Waals surface area contributed by atoms with Crippen molar-refractivity contribution in [1.82, 2.24) is 14.5 Å². The minimum Gasteiger partial charge on any atom is -0.374 e. The number of halogens is 3. The van der Waals surface area contributed by atoms with E-state index in [-0.39, 0.29) is 18.0 Å². The summed E-state index contributed by atoms with van der Waals surface area (Å²) in [5.41, 5.74) is -4.13. The Morgan fingerprint density at radius 1 is 1.14 bits per heavy atom. The molecule has 0 spiro atoms. The molecule has 1 aromatic heterocycles. The number of nitrogens with zero attached hydrogens (tertiary/aromatic N) is 3. The van der Waals surface area contributed by atoms with Crippen molar-refractivity contribution in [2.24, 2.45) is 7.05 Å². The minimum atomic E-state index is -5.92. The fourth-order valence-electron chi connectivity index (χ4n) is 4.14. The topological polar surface area (TPSA) is 111 Å². The quantitative estimate of drug-likeness (QED) is 0.375. The van der Waals surface area contributed by atoms with Crippen molar-refractivity contribution in [1.29, 1.82) is 0 Å². The Balaban J connectivity index is 1.43. The second-order valence-corrected chi connectivity index (χ2v) is 9.83. The van der Waals surface area contributed by atoms with Crippen LogP contribution in [0.2, 0.25) is 0 Å². The van der Waals surface area contributed by atoms with Crippen molar-refractivity contribution in [2.75, 3.05) is 11.9 Å². The maximum atomic E-state index is 13.0. The molecule has 1 atom stereocenters. The number of anilines is 1. The Morgan fingerprint density at radius 3 is 2.56 bits per heavy atom. The zero-order chi connectivity index (χ0) is 26.1. The van der Waals surface area contributed by atoms with Crippen molar-refractivity contribution < 1.29 is 35.4 Å². The van der Waals surface area contributed by atoms with Crippen LogP contribution in [0.25, 0.3) is 11.0 Å². The number of amides is 2. The van der Waals surface area contributed by atoms with Crippen LogP contribution in [0.5, 0.6) is 5.75 Å². The molecular weight excluding hydrogens is 501 g/mol. The smallest absolute Gasteiger partial charge is 0.374 e. The number of alkyl halides is 3. The van der Waals surface area contributed by atoms with Crippen LogP contribution in [-0.4, -0.2) is 52.8 Å². The van der Waals surface area contributed by atoms with Gasteiger partial charge in [0.05, 0.1) is 16.7 Å². The van der Waals surface area contributed by atoms with Crippen LogP contribution >= 0.6 is 0 Å². The zero-order valence-corrected chi connectivity index (χ0v) is 20.0. The van der Waals surface area contributed by atoms with E-state index in [9.17, 15) is 31.2 Å². The molecular formula is C23H23F3N4O5S. The highest BCUT2D eigenvalue weighted by Gasteiger charge is 2.49. The largest absolute Gasteiger partial charge is 0.534 e. The monoisotopic (exact) mass is 524 g/mol. The predicted octanol–water partition coefficient (Wildman–Crippen LogP) is 3.36. The Hall–Kier alpha value is -3.61. The number of imidazole rings is 1. The Labute approximate surface area is 205 Å². The van der Waals surface area contributed by atoms with Gasteiger partial charge in [-0.05, 0) is 37.1 Å². The van der Waals surface area contributed by atoms with Crippen LogP contribution in [0.3, 0.4) is 0 Å². The predicted molar refractivity (Wildman–Crippen MR) is 124 cm³/mol. The van der Waals surface area contributed by atoms with Gasteiger partial charge in [-0.25, -0.2) is 4.98 Å². The van der Waals surface area contributed by atoms with Gasteiger partial charge in [-0.1, -0.05) is 24.3 Å². The molecule has 0 bridgehead atoms. The van der Waals surface area contributed by atoms with Gasteiger partial charge in [0.15, 0.2) is 5.75 Å². The van der Waals surface area contributed by atoms with Gasteiger partial charge in [0, 0.05) is 26.4 Å². The number of fused-ring (bicyclic) bond motifs is 1. The molecule has 1 aliphatic heterocycles. The second kappa shape index (κ2) is 9.80. The first-order chi connectivity index (χ1) is 17.0. The van der Waals surface area contributed by atoms with Crippen molar-refractivity contribution >= 4 is 38.7 Å². The van der Waals surface area contributed by atoms with Gasteiger partial charge in [-0.2, -0.15) is 21.6 Å². The van der Waals surface area contributed by atoms with Crippen LogP contribution in [0.15, 0.2) is 48.5 Å². The summed E-state index contributed by atoms with van der Waals surface area (Å²) in [6.07, 6.45) is 1.40. The van der Waals surface area contributed by atoms with Crippen molar-refractivity contribution in [3.8, 4) is 5.75 Å². The molecule has 36 heavy (non-hydrogen) atoms. The fourth-order valence-corrected chi connectivity index (χ4v) is 4.62. The molecule has 13 heteroatoms. The van der Waals surface area contributed by atoms with E-state index in [1.165, 1.54) is 23.1 Å². The third-order valence-electron chi connectivity index (χ3n) is 5.95. The number of nitrogens with one attached hydrogen (secondary N) is 1. The molecule has 4 rings (SSSR count). The van der Waals surface area contributed by atoms with E-state index in [0.29, 0.717) is 25.8 Å². The molecule has 0 radical (unpaired) electrons. The van der Waals surface area contributed by atoms with Gasteiger partial charge < -0.3 is 19.0 Å². The molecule has 3 aromatic rings. The number of carbonyl (C=O) groups is 2. The molecule has 0 aliphatic carbocycles. The normalized spacial score (nSPS) is 16.3. The lowest BCUT2D eigenvalue weighted by Gasteiger charge is -2.24. The fraction of sp³-hybridized carbons (Fsp3) is 0.348. The zero-order valence-electron chi connectivity index (χ0n) is 19.2. The second-order valence-electron chi connectivity index (χ2n) is 8.29. The van der Waals surface area contributed by atoms with Crippen LogP contribution in [0.4, 0.5) is 18.9 Å². The van der Waals surface area contributed by atoms with Crippen molar-refractivity contribution in [2.45, 2.75) is 37.2 Å². The SMILES string of the molecule is Cn1c(CCC(=O)N2CCCC2C(=O)Nc2ccccc2OS(=O)(=O)C(F)(F)F)nc2ccccc21. The van der Waals surface area contributed by atoms with E-state index >= 15 is 0 Å². The molecule has 1 fully saturated rings. The number of hydrogen-bond acceptors (Lipinski definition) is 6. The number of aromatic nitrogens is 2. The van der Waals surface area contributed by atoms with Crippen molar-refractivity contribution in [3.05, 3.63) is 54.4 Å². The highest BCUT2D eigenvalue weighted by Crippen LogP contribution is 2.32. The van der Waals surface area contributed by atoms with E-state index < -0.39 is 33.3 Å². The summed E-state index contributed by atoms with van der Waals surface area (Å²) in [5, 5.41) is 2.41. The molecule has 2 amide bonds. The van der Waals surface area contributed by atoms with Crippen LogP contribution in [0.1, 0.15) is 25.1 Å². The van der Waals surface area contributed by atoms with Gasteiger partial charge in [0.2, 0.25) is 11.8 Å². The Bertz CT molecular complexity index is 1400. The summed E-state index contributed by atoms with van der Waals surface area (Å²) in [6.45, 7) is 0.347. The number of aryl methyl sites for hydroxylation is 2. The average molecular weight is 525 g/mol. The van der Waals surface area contributed by atoms with Gasteiger partial charge in [0.25, 0.3) is 0 Å². The Morgan fingerprint density at radius 2 is 1.83 bits per heavy atom. The number of benzene rings is 2. The molecule has 2 heterocycles. The number of carbonyl (C=O) groups excluding carboxylic acids is 2. The van der Waals surface area contributed by atoms with E-state index in [1.807, 2.05) is 35.9 Å². The first kappa shape index (κ1) is 25.5. The lowest BCUT2D eigenvalue weighted by Crippen LogP contribution is -2.43. The molecule has 1 N–H and O–H groups in total. The van der Waals surface area contributed by atoms with E-state index in [1.54, 1.807) is 0 Å². The maximum Gasteiger partial charge on any atom is 0.534 e. The van der Waals surface area contributed by atoms with Crippen LogP contribution < -0.4 is 9.50 Å². The molecule has 1 saturated heterocycles. The van der Waals surface area contributed by atoms with E-state index in [4.69, 9.17) is 0 Å². The summed E-state index contributed by atoms with van der Waals surface area (Å²) in [7, 11) is -4.06. The molecule has 1 unspecified atom stereocenters. The maximum absolute atomic E-state index is 13.0. The van der Waals surface area contributed by atoms with Gasteiger partial charge >= 0.3 is 15.6 Å². The van der Waals surface area contributed by atoms with Crippen LogP contribution in [-0.2, 0) is 33.2 Å². The lowest BCUT2D eigenvalue weighted by molar-refractivity contribution is -0.136. The first-order valence-corrected chi connectivity index (χ1v) is 12.5.